The molecule has 0 spiro atoms. The third-order valence-corrected chi connectivity index (χ3v) is 5.52. The van der Waals surface area contributed by atoms with Gasteiger partial charge in [0.1, 0.15) is 0 Å². The number of aromatic nitrogens is 3. The lowest BCUT2D eigenvalue weighted by molar-refractivity contribution is 0.0547. The Hall–Kier alpha value is -2.49. The highest BCUT2D eigenvalue weighted by Crippen LogP contribution is 2.26. The van der Waals surface area contributed by atoms with Gasteiger partial charge < -0.3 is 31.2 Å². The maximum Gasteiger partial charge on any atom is 0.229 e. The van der Waals surface area contributed by atoms with Crippen molar-refractivity contribution in [1.29, 1.82) is 0 Å². The molecule has 0 bridgehead atoms. The van der Waals surface area contributed by atoms with Gasteiger partial charge in [0.15, 0.2) is 0 Å². The van der Waals surface area contributed by atoms with E-state index in [9.17, 15) is 0 Å². The first-order valence-electron chi connectivity index (χ1n) is 11.6. The summed E-state index contributed by atoms with van der Waals surface area (Å²) < 4.78 is 10.9. The van der Waals surface area contributed by atoms with Gasteiger partial charge in [0, 0.05) is 25.7 Å². The Morgan fingerprint density at radius 2 is 1.56 bits per heavy atom. The summed E-state index contributed by atoms with van der Waals surface area (Å²) in [6, 6.07) is 10.6. The van der Waals surface area contributed by atoms with Gasteiger partial charge in [-0.05, 0) is 24.3 Å². The van der Waals surface area contributed by atoms with Crippen LogP contribution in [0.5, 0.6) is 0 Å². The normalized spacial score (nSPS) is 18.3. The Labute approximate surface area is 190 Å². The molecule has 2 aromatic rings. The van der Waals surface area contributed by atoms with Crippen molar-refractivity contribution in [3.63, 3.8) is 0 Å². The molecule has 0 amide bonds. The zero-order chi connectivity index (χ0) is 22.4. The number of nitrogens with zero attached hydrogens (tertiary/aromatic N) is 3. The summed E-state index contributed by atoms with van der Waals surface area (Å²) >= 11 is 0. The highest BCUT2D eigenvalue weighted by atomic mass is 16.5. The van der Waals surface area contributed by atoms with Crippen LogP contribution in [0.3, 0.4) is 0 Å². The van der Waals surface area contributed by atoms with E-state index in [-0.39, 0.29) is 0 Å². The van der Waals surface area contributed by atoms with Gasteiger partial charge in [-0.25, -0.2) is 0 Å². The average Bonchev–Trinajstić information content (AvgIpc) is 2.82. The van der Waals surface area contributed by atoms with Gasteiger partial charge in [-0.15, -0.1) is 0 Å². The Bertz CT molecular complexity index is 778. The number of nitrogens with two attached hydrogens (primary N) is 1. The van der Waals surface area contributed by atoms with E-state index in [1.165, 1.54) is 24.8 Å². The number of hydrogen-bond donors (Lipinski definition) is 4. The van der Waals surface area contributed by atoms with Gasteiger partial charge in [-0.2, -0.15) is 15.0 Å². The Kier molecular flexibility index (Phi) is 10.4. The quantitative estimate of drug-likeness (QED) is 0.327. The molecule has 32 heavy (non-hydrogen) atoms. The first-order valence-corrected chi connectivity index (χ1v) is 11.6. The molecule has 1 heterocycles. The lowest BCUT2D eigenvalue weighted by atomic mass is 9.86. The van der Waals surface area contributed by atoms with Crippen molar-refractivity contribution in [3.8, 4) is 0 Å². The fourth-order valence-electron chi connectivity index (χ4n) is 3.71. The monoisotopic (exact) mass is 443 g/mol. The van der Waals surface area contributed by atoms with Crippen LogP contribution in [0.15, 0.2) is 30.3 Å². The molecular formula is C23H37N7O2. The summed E-state index contributed by atoms with van der Waals surface area (Å²) in [6.45, 7) is 6.23. The summed E-state index contributed by atoms with van der Waals surface area (Å²) in [5.74, 6) is 2.29. The zero-order valence-electron chi connectivity index (χ0n) is 19.1. The highest BCUT2D eigenvalue weighted by molar-refractivity contribution is 5.43. The molecule has 9 heteroatoms. The third-order valence-electron chi connectivity index (χ3n) is 5.52. The van der Waals surface area contributed by atoms with Crippen molar-refractivity contribution in [2.75, 3.05) is 55.5 Å². The molecule has 2 unspecified atom stereocenters. The molecule has 1 fully saturated rings. The van der Waals surface area contributed by atoms with Crippen LogP contribution >= 0.6 is 0 Å². The number of ether oxygens (including phenoxy) is 2. The average molecular weight is 444 g/mol. The second-order valence-electron chi connectivity index (χ2n) is 8.10. The Morgan fingerprint density at radius 1 is 0.875 bits per heavy atom. The van der Waals surface area contributed by atoms with Crippen molar-refractivity contribution in [1.82, 2.24) is 15.0 Å². The van der Waals surface area contributed by atoms with Gasteiger partial charge in [0.2, 0.25) is 17.8 Å². The molecule has 5 N–H and O–H groups in total. The van der Waals surface area contributed by atoms with E-state index in [1.807, 2.05) is 18.2 Å². The van der Waals surface area contributed by atoms with Crippen LogP contribution in [0.2, 0.25) is 0 Å². The van der Waals surface area contributed by atoms with Gasteiger partial charge in [-0.1, -0.05) is 50.1 Å². The molecule has 0 saturated heterocycles. The van der Waals surface area contributed by atoms with Crippen molar-refractivity contribution in [2.45, 2.75) is 45.2 Å². The summed E-state index contributed by atoms with van der Waals surface area (Å²) in [5.41, 5.74) is 6.57. The molecule has 1 saturated carbocycles. The van der Waals surface area contributed by atoms with Gasteiger partial charge in [0.25, 0.3) is 0 Å². The number of anilines is 3. The predicted molar refractivity (Wildman–Crippen MR) is 128 cm³/mol. The molecular weight excluding hydrogens is 406 g/mol. The number of rotatable bonds is 14. The van der Waals surface area contributed by atoms with E-state index in [1.54, 1.807) is 0 Å². The number of hydrogen-bond acceptors (Lipinski definition) is 9. The summed E-state index contributed by atoms with van der Waals surface area (Å²) in [5, 5.41) is 10.1. The van der Waals surface area contributed by atoms with Gasteiger partial charge in [0.05, 0.1) is 26.4 Å². The van der Waals surface area contributed by atoms with Gasteiger partial charge >= 0.3 is 0 Å². The Morgan fingerprint density at radius 3 is 2.31 bits per heavy atom. The molecule has 1 aromatic carbocycles. The maximum atomic E-state index is 5.57. The molecule has 1 aliphatic carbocycles. The first-order chi connectivity index (χ1) is 15.7. The van der Waals surface area contributed by atoms with E-state index in [2.05, 4.69) is 50.0 Å². The van der Waals surface area contributed by atoms with E-state index >= 15 is 0 Å². The van der Waals surface area contributed by atoms with Crippen LogP contribution in [0, 0.1) is 5.92 Å². The highest BCUT2D eigenvalue weighted by Gasteiger charge is 2.22. The summed E-state index contributed by atoms with van der Waals surface area (Å²) in [7, 11) is 0. The molecule has 9 nitrogen and oxygen atoms in total. The van der Waals surface area contributed by atoms with Crippen molar-refractivity contribution >= 4 is 17.8 Å². The van der Waals surface area contributed by atoms with Crippen molar-refractivity contribution < 1.29 is 9.47 Å². The SMILES string of the molecule is CC1CCCCC1Nc1nc(NCCOCCOCCN)nc(NCc2ccccc2)n1. The minimum atomic E-state index is 0.387. The van der Waals surface area contributed by atoms with Crippen molar-refractivity contribution in [2.24, 2.45) is 11.7 Å². The number of nitrogens with one attached hydrogen (secondary N) is 3. The lowest BCUT2D eigenvalue weighted by Gasteiger charge is -2.29. The summed E-state index contributed by atoms with van der Waals surface area (Å²) in [6.07, 6.45) is 4.91. The van der Waals surface area contributed by atoms with E-state index in [4.69, 9.17) is 15.2 Å². The second kappa shape index (κ2) is 13.8. The molecule has 0 aliphatic heterocycles. The second-order valence-corrected chi connectivity index (χ2v) is 8.10. The largest absolute Gasteiger partial charge is 0.378 e. The van der Waals surface area contributed by atoms with Crippen LogP contribution in [-0.4, -0.2) is 60.5 Å². The van der Waals surface area contributed by atoms with Crippen LogP contribution in [0.25, 0.3) is 0 Å². The fraction of sp³-hybridized carbons (Fsp3) is 0.609. The first kappa shape index (κ1) is 24.2. The minimum absolute atomic E-state index is 0.387. The third kappa shape index (κ3) is 8.57. The van der Waals surface area contributed by atoms with Crippen molar-refractivity contribution in [3.05, 3.63) is 35.9 Å². The van der Waals surface area contributed by atoms with Gasteiger partial charge in [-0.3, -0.25) is 0 Å². The minimum Gasteiger partial charge on any atom is -0.378 e. The molecule has 176 valence electrons. The molecule has 1 aromatic heterocycles. The van der Waals surface area contributed by atoms with E-state index in [0.717, 1.165) is 6.42 Å². The Balaban J connectivity index is 1.56. The predicted octanol–water partition coefficient (Wildman–Crippen LogP) is 2.88. The smallest absolute Gasteiger partial charge is 0.229 e. The molecule has 0 radical (unpaired) electrons. The number of benzene rings is 1. The van der Waals surface area contributed by atoms with Crippen LogP contribution in [0.1, 0.15) is 38.2 Å². The molecule has 1 aliphatic rings. The lowest BCUT2D eigenvalue weighted by Crippen LogP contribution is -2.31. The van der Waals surface area contributed by atoms with Crippen LogP contribution in [0.4, 0.5) is 17.8 Å². The molecule has 3 rings (SSSR count). The van der Waals surface area contributed by atoms with E-state index in [0.29, 0.717) is 75.9 Å². The standard InChI is InChI=1S/C23H37N7O2/c1-18-7-5-6-10-20(18)27-23-29-21(25-12-14-32-16-15-31-13-11-24)28-22(30-23)26-17-19-8-3-2-4-9-19/h2-4,8-9,18,20H,5-7,10-17,24H2,1H3,(H3,25,26,27,28,29,30). The maximum absolute atomic E-state index is 5.57. The van der Waals surface area contributed by atoms with E-state index < -0.39 is 0 Å². The zero-order valence-corrected chi connectivity index (χ0v) is 19.1. The summed E-state index contributed by atoms with van der Waals surface area (Å²) in [4.78, 5) is 13.8. The van der Waals surface area contributed by atoms with Crippen LogP contribution < -0.4 is 21.7 Å². The topological polar surface area (TPSA) is 119 Å². The molecule has 2 atom stereocenters. The fourth-order valence-corrected chi connectivity index (χ4v) is 3.71. The van der Waals surface area contributed by atoms with Crippen LogP contribution in [-0.2, 0) is 16.0 Å².